The summed E-state index contributed by atoms with van der Waals surface area (Å²) >= 11 is 0. The highest BCUT2D eigenvalue weighted by Gasteiger charge is 2.28. The Morgan fingerprint density at radius 1 is 1.06 bits per heavy atom. The van der Waals surface area contributed by atoms with Crippen molar-refractivity contribution >= 4 is 18.1 Å². The summed E-state index contributed by atoms with van der Waals surface area (Å²) in [5.74, 6) is 0.631. The van der Waals surface area contributed by atoms with Gasteiger partial charge in [0.1, 0.15) is 0 Å². The lowest BCUT2D eigenvalue weighted by Gasteiger charge is -2.31. The predicted octanol–water partition coefficient (Wildman–Crippen LogP) is 0.345. The molecule has 0 aliphatic carbocycles. The predicted molar refractivity (Wildman–Crippen MR) is 75.0 cm³/mol. The van der Waals surface area contributed by atoms with Crippen molar-refractivity contribution in [1.82, 2.24) is 9.80 Å². The third-order valence-electron chi connectivity index (χ3n) is 3.15. The van der Waals surface area contributed by atoms with E-state index in [2.05, 4.69) is 44.5 Å². The number of hydrogen-bond acceptors (Lipinski definition) is 4. The lowest BCUT2D eigenvalue weighted by Crippen LogP contribution is -2.46. The molecule has 4 nitrogen and oxygen atoms in total. The minimum absolute atomic E-state index is 0.142. The van der Waals surface area contributed by atoms with Crippen molar-refractivity contribution in [2.24, 2.45) is 0 Å². The number of nitrogens with zero attached hydrogens (tertiary/aromatic N) is 2. The quantitative estimate of drug-likeness (QED) is 0.466. The minimum atomic E-state index is -1.84. The van der Waals surface area contributed by atoms with Crippen LogP contribution in [0.5, 0.6) is 0 Å². The molecule has 0 atom stereocenters. The standard InChI is InChI=1S/C10H28N2O2Si2/c1-11(2)10(12(3)4)15-8-9-16(7,13-5)14-6/h10H,8-9,15H2,1-7H3. The Balaban J connectivity index is 4.04. The Bertz CT molecular complexity index is 180. The van der Waals surface area contributed by atoms with Gasteiger partial charge in [-0.15, -0.1) is 0 Å². The molecule has 0 N–H and O–H groups in total. The Labute approximate surface area is 104 Å². The molecule has 16 heavy (non-hydrogen) atoms. The molecule has 0 aliphatic rings. The molecule has 0 radical (unpaired) electrons. The molecule has 0 heterocycles. The molecule has 0 rings (SSSR count). The molecule has 0 aromatic heterocycles. The number of rotatable bonds is 8. The smallest absolute Gasteiger partial charge is 0.334 e. The maximum atomic E-state index is 5.50. The molecule has 0 amide bonds. The van der Waals surface area contributed by atoms with E-state index in [9.17, 15) is 0 Å². The molecule has 0 aliphatic heterocycles. The van der Waals surface area contributed by atoms with Gasteiger partial charge in [-0.2, -0.15) is 0 Å². The normalized spacial score (nSPS) is 13.9. The van der Waals surface area contributed by atoms with Crippen LogP contribution in [-0.2, 0) is 8.85 Å². The van der Waals surface area contributed by atoms with Crippen LogP contribution in [0.4, 0.5) is 0 Å². The van der Waals surface area contributed by atoms with Crippen LogP contribution in [0.15, 0.2) is 0 Å². The largest absolute Gasteiger partial charge is 0.398 e. The van der Waals surface area contributed by atoms with Gasteiger partial charge >= 0.3 is 8.56 Å². The highest BCUT2D eigenvalue weighted by atomic mass is 28.4. The topological polar surface area (TPSA) is 24.9 Å². The third kappa shape index (κ3) is 5.56. The van der Waals surface area contributed by atoms with Gasteiger partial charge in [0.15, 0.2) is 0 Å². The van der Waals surface area contributed by atoms with Crippen LogP contribution in [0.1, 0.15) is 0 Å². The van der Waals surface area contributed by atoms with Gasteiger partial charge in [0.05, 0.1) is 9.52 Å². The molecule has 6 heteroatoms. The maximum absolute atomic E-state index is 5.50. The average molecular weight is 265 g/mol. The Morgan fingerprint density at radius 3 is 1.81 bits per heavy atom. The summed E-state index contributed by atoms with van der Waals surface area (Å²) in [7, 11) is 10.2. The highest BCUT2D eigenvalue weighted by Crippen LogP contribution is 2.14. The second-order valence-electron chi connectivity index (χ2n) is 4.84. The van der Waals surface area contributed by atoms with Gasteiger partial charge in [-0.25, -0.2) is 0 Å². The Kier molecular flexibility index (Phi) is 7.70. The van der Waals surface area contributed by atoms with Crippen LogP contribution in [0.2, 0.25) is 18.6 Å². The first-order chi connectivity index (χ1) is 7.36. The number of hydrogen-bond donors (Lipinski definition) is 0. The van der Waals surface area contributed by atoms with Crippen molar-refractivity contribution in [3.63, 3.8) is 0 Å². The van der Waals surface area contributed by atoms with E-state index in [-0.39, 0.29) is 9.52 Å². The molecule has 0 aromatic carbocycles. The zero-order valence-electron chi connectivity index (χ0n) is 11.9. The van der Waals surface area contributed by atoms with Gasteiger partial charge in [-0.3, -0.25) is 9.80 Å². The Morgan fingerprint density at radius 2 is 1.50 bits per heavy atom. The summed E-state index contributed by atoms with van der Waals surface area (Å²) in [6, 6.07) is 2.40. The van der Waals surface area contributed by atoms with E-state index in [4.69, 9.17) is 8.85 Å². The van der Waals surface area contributed by atoms with E-state index >= 15 is 0 Å². The molecule has 0 spiro atoms. The fourth-order valence-electron chi connectivity index (χ4n) is 1.87. The second-order valence-corrected chi connectivity index (χ2v) is 10.4. The van der Waals surface area contributed by atoms with E-state index in [0.717, 1.165) is 6.04 Å². The van der Waals surface area contributed by atoms with Crippen LogP contribution >= 0.6 is 0 Å². The van der Waals surface area contributed by atoms with Crippen molar-refractivity contribution in [3.8, 4) is 0 Å². The van der Waals surface area contributed by atoms with Crippen LogP contribution in [0, 0.1) is 0 Å². The fourth-order valence-corrected chi connectivity index (χ4v) is 7.23. The molecule has 0 bridgehead atoms. The maximum Gasteiger partial charge on any atom is 0.334 e. The average Bonchev–Trinajstić information content (AvgIpc) is 2.23. The van der Waals surface area contributed by atoms with E-state index < -0.39 is 8.56 Å². The molecule has 0 saturated heterocycles. The van der Waals surface area contributed by atoms with Gasteiger partial charge in [0.2, 0.25) is 0 Å². The zero-order chi connectivity index (χ0) is 12.8. The molecule has 0 aromatic rings. The van der Waals surface area contributed by atoms with E-state index in [0.29, 0.717) is 5.79 Å². The molecular weight excluding hydrogens is 236 g/mol. The van der Waals surface area contributed by atoms with E-state index in [1.165, 1.54) is 6.04 Å². The van der Waals surface area contributed by atoms with Crippen molar-refractivity contribution in [2.75, 3.05) is 42.4 Å². The Hall–Kier alpha value is 0.274. The third-order valence-corrected chi connectivity index (χ3v) is 9.58. The van der Waals surface area contributed by atoms with Crippen LogP contribution in [0.3, 0.4) is 0 Å². The van der Waals surface area contributed by atoms with Gasteiger partial charge in [0, 0.05) is 20.0 Å². The highest BCUT2D eigenvalue weighted by molar-refractivity contribution is 6.67. The summed E-state index contributed by atoms with van der Waals surface area (Å²) in [5, 5.41) is 0. The summed E-state index contributed by atoms with van der Waals surface area (Å²) in [5.41, 5.74) is 0. The first-order valence-corrected chi connectivity index (χ1v) is 10.1. The van der Waals surface area contributed by atoms with Gasteiger partial charge in [-0.05, 0) is 40.8 Å². The molecule has 0 unspecified atom stereocenters. The van der Waals surface area contributed by atoms with Gasteiger partial charge in [0.25, 0.3) is 0 Å². The lowest BCUT2D eigenvalue weighted by molar-refractivity contribution is 0.200. The first kappa shape index (κ1) is 16.3. The van der Waals surface area contributed by atoms with Gasteiger partial charge < -0.3 is 8.85 Å². The summed E-state index contributed by atoms with van der Waals surface area (Å²) in [4.78, 5) is 4.62. The fraction of sp³-hybridized carbons (Fsp3) is 1.00. The van der Waals surface area contributed by atoms with Crippen LogP contribution < -0.4 is 0 Å². The molecule has 0 saturated carbocycles. The van der Waals surface area contributed by atoms with E-state index in [1.807, 2.05) is 0 Å². The summed E-state index contributed by atoms with van der Waals surface area (Å²) < 4.78 is 11.0. The SMILES string of the molecule is CO[Si](C)(CC[SiH2]C(N(C)C)N(C)C)OC. The lowest BCUT2D eigenvalue weighted by atomic mass is 10.8. The monoisotopic (exact) mass is 264 g/mol. The van der Waals surface area contributed by atoms with Crippen molar-refractivity contribution in [1.29, 1.82) is 0 Å². The van der Waals surface area contributed by atoms with Crippen LogP contribution in [0.25, 0.3) is 0 Å². The van der Waals surface area contributed by atoms with Crippen molar-refractivity contribution in [2.45, 2.75) is 24.4 Å². The minimum Gasteiger partial charge on any atom is -0.398 e. The molecule has 0 fully saturated rings. The first-order valence-electron chi connectivity index (χ1n) is 5.79. The molecular formula is C10H28N2O2Si2. The second kappa shape index (κ2) is 7.57. The van der Waals surface area contributed by atoms with E-state index in [1.54, 1.807) is 14.2 Å². The van der Waals surface area contributed by atoms with Crippen molar-refractivity contribution < 1.29 is 8.85 Å². The summed E-state index contributed by atoms with van der Waals surface area (Å²) in [6.45, 7) is 2.14. The van der Waals surface area contributed by atoms with Gasteiger partial charge in [-0.1, -0.05) is 6.04 Å². The zero-order valence-corrected chi connectivity index (χ0v) is 14.3. The molecule has 98 valence electrons. The van der Waals surface area contributed by atoms with Crippen molar-refractivity contribution in [3.05, 3.63) is 0 Å². The van der Waals surface area contributed by atoms with Crippen LogP contribution in [-0.4, -0.2) is 76.1 Å². The summed E-state index contributed by atoms with van der Waals surface area (Å²) in [6.07, 6.45) is 0.